The fraction of sp³-hybridized carbons (Fsp3) is 0.115. The standard InChI is InChI=1S/C26H20N2O4S/c29-21-16-33-25-20(15-19-13-7-8-14-27-19)24(30)28(25)22(21)26(31)32-23(17-9-3-1-4-10-17)18-11-5-2-6-12-18/h1-15,23,25,29H,16H2/b20-15-/t25-/m1/s1. The predicted molar refractivity (Wildman–Crippen MR) is 126 cm³/mol. The van der Waals surface area contributed by atoms with Crippen LogP contribution in [-0.4, -0.2) is 38.0 Å². The van der Waals surface area contributed by atoms with E-state index in [0.29, 0.717) is 11.3 Å². The summed E-state index contributed by atoms with van der Waals surface area (Å²) in [5.41, 5.74) is 2.70. The molecular weight excluding hydrogens is 436 g/mol. The van der Waals surface area contributed by atoms with Crippen molar-refractivity contribution in [3.63, 3.8) is 0 Å². The molecule has 3 aromatic rings. The van der Waals surface area contributed by atoms with E-state index in [1.54, 1.807) is 18.3 Å². The largest absolute Gasteiger partial charge is 0.509 e. The molecule has 164 valence electrons. The molecule has 7 heteroatoms. The van der Waals surface area contributed by atoms with Gasteiger partial charge in [0.25, 0.3) is 5.91 Å². The van der Waals surface area contributed by atoms with Crippen LogP contribution in [-0.2, 0) is 14.3 Å². The molecule has 0 bridgehead atoms. The maximum Gasteiger partial charge on any atom is 0.359 e. The highest BCUT2D eigenvalue weighted by atomic mass is 32.2. The van der Waals surface area contributed by atoms with Crippen LogP contribution in [0.25, 0.3) is 6.08 Å². The molecule has 1 N–H and O–H groups in total. The van der Waals surface area contributed by atoms with Gasteiger partial charge >= 0.3 is 5.97 Å². The van der Waals surface area contributed by atoms with E-state index in [2.05, 4.69) is 4.98 Å². The number of aliphatic hydroxyl groups is 1. The second kappa shape index (κ2) is 8.96. The zero-order chi connectivity index (χ0) is 22.8. The number of fused-ring (bicyclic) bond motifs is 1. The molecule has 0 aliphatic carbocycles. The van der Waals surface area contributed by atoms with Crippen molar-refractivity contribution < 1.29 is 19.4 Å². The Morgan fingerprint density at radius 2 is 1.67 bits per heavy atom. The van der Waals surface area contributed by atoms with E-state index >= 15 is 0 Å². The van der Waals surface area contributed by atoms with Crippen LogP contribution < -0.4 is 0 Å². The summed E-state index contributed by atoms with van der Waals surface area (Å²) >= 11 is 1.38. The number of aliphatic hydroxyl groups excluding tert-OH is 1. The zero-order valence-electron chi connectivity index (χ0n) is 17.5. The molecule has 1 saturated heterocycles. The first-order chi connectivity index (χ1) is 16.1. The molecule has 0 unspecified atom stereocenters. The number of hydrogen-bond donors (Lipinski definition) is 1. The number of hydrogen-bond acceptors (Lipinski definition) is 6. The molecule has 0 saturated carbocycles. The van der Waals surface area contributed by atoms with E-state index in [4.69, 9.17) is 4.74 Å². The minimum Gasteiger partial charge on any atom is -0.509 e. The summed E-state index contributed by atoms with van der Waals surface area (Å²) in [6, 6.07) is 24.2. The quantitative estimate of drug-likeness (QED) is 0.346. The molecule has 3 heterocycles. The van der Waals surface area contributed by atoms with E-state index < -0.39 is 12.1 Å². The summed E-state index contributed by atoms with van der Waals surface area (Å²) in [4.78, 5) is 31.8. The lowest BCUT2D eigenvalue weighted by atomic mass is 10.0. The highest BCUT2D eigenvalue weighted by Gasteiger charge is 2.50. The second-order valence-corrected chi connectivity index (χ2v) is 8.66. The zero-order valence-corrected chi connectivity index (χ0v) is 18.3. The average molecular weight is 457 g/mol. The normalized spacial score (nSPS) is 18.8. The lowest BCUT2D eigenvalue weighted by molar-refractivity contribution is -0.149. The molecule has 33 heavy (non-hydrogen) atoms. The van der Waals surface area contributed by atoms with Crippen LogP contribution in [0.2, 0.25) is 0 Å². The van der Waals surface area contributed by atoms with Crippen LogP contribution in [0.15, 0.2) is 102 Å². The van der Waals surface area contributed by atoms with E-state index in [0.717, 1.165) is 11.1 Å². The van der Waals surface area contributed by atoms with Gasteiger partial charge in [-0.05, 0) is 29.3 Å². The van der Waals surface area contributed by atoms with E-state index in [1.807, 2.05) is 72.8 Å². The number of rotatable bonds is 5. The smallest absolute Gasteiger partial charge is 0.359 e. The third-order valence-corrected chi connectivity index (χ3v) is 6.69. The molecule has 1 fully saturated rings. The van der Waals surface area contributed by atoms with Gasteiger partial charge in [-0.3, -0.25) is 14.7 Å². The summed E-state index contributed by atoms with van der Waals surface area (Å²) < 4.78 is 5.90. The third-order valence-electron chi connectivity index (χ3n) is 5.47. The van der Waals surface area contributed by atoms with Crippen molar-refractivity contribution in [2.75, 3.05) is 5.75 Å². The van der Waals surface area contributed by atoms with Crippen molar-refractivity contribution >= 4 is 29.7 Å². The highest BCUT2D eigenvalue weighted by molar-refractivity contribution is 8.00. The number of aromatic nitrogens is 1. The highest BCUT2D eigenvalue weighted by Crippen LogP contribution is 2.44. The summed E-state index contributed by atoms with van der Waals surface area (Å²) in [7, 11) is 0. The number of amides is 1. The fourth-order valence-electron chi connectivity index (χ4n) is 3.89. The number of thioether (sulfide) groups is 1. The van der Waals surface area contributed by atoms with Gasteiger partial charge in [0.1, 0.15) is 11.1 Å². The van der Waals surface area contributed by atoms with Crippen molar-refractivity contribution in [2.24, 2.45) is 0 Å². The Bertz CT molecular complexity index is 1200. The van der Waals surface area contributed by atoms with Gasteiger partial charge in [0.15, 0.2) is 11.8 Å². The number of nitrogens with zero attached hydrogens (tertiary/aromatic N) is 2. The summed E-state index contributed by atoms with van der Waals surface area (Å²) in [5.74, 6) is -1.03. The Balaban J connectivity index is 1.43. The van der Waals surface area contributed by atoms with Crippen LogP contribution in [0.4, 0.5) is 0 Å². The number of benzene rings is 2. The maximum absolute atomic E-state index is 13.3. The lowest BCUT2D eigenvalue weighted by Gasteiger charge is -2.45. The van der Waals surface area contributed by atoms with Gasteiger partial charge < -0.3 is 9.84 Å². The minimum atomic E-state index is -0.735. The van der Waals surface area contributed by atoms with Crippen LogP contribution >= 0.6 is 11.8 Å². The van der Waals surface area contributed by atoms with Crippen LogP contribution in [0.5, 0.6) is 0 Å². The van der Waals surface area contributed by atoms with E-state index in [-0.39, 0.29) is 28.5 Å². The topological polar surface area (TPSA) is 79.7 Å². The van der Waals surface area contributed by atoms with Gasteiger partial charge in [0, 0.05) is 6.20 Å². The molecular formula is C26H20N2O4S. The summed E-state index contributed by atoms with van der Waals surface area (Å²) in [5, 5.41) is 10.2. The number of β-lactam (4-membered cyclic amide) rings is 1. The second-order valence-electron chi connectivity index (χ2n) is 7.59. The molecule has 1 atom stereocenters. The Morgan fingerprint density at radius 1 is 1.03 bits per heavy atom. The number of pyridine rings is 1. The monoisotopic (exact) mass is 456 g/mol. The molecule has 0 radical (unpaired) electrons. The van der Waals surface area contributed by atoms with Gasteiger partial charge in [-0.1, -0.05) is 66.7 Å². The van der Waals surface area contributed by atoms with Crippen molar-refractivity contribution in [3.8, 4) is 0 Å². The van der Waals surface area contributed by atoms with Crippen LogP contribution in [0.3, 0.4) is 0 Å². The molecule has 2 aromatic carbocycles. The Kier molecular flexibility index (Phi) is 5.71. The number of esters is 1. The first kappa shape index (κ1) is 21.0. The molecule has 2 aliphatic heterocycles. The molecule has 0 spiro atoms. The third kappa shape index (κ3) is 4.03. The number of carbonyl (C=O) groups excluding carboxylic acids is 2. The van der Waals surface area contributed by atoms with E-state index in [1.165, 1.54) is 16.7 Å². The molecule has 1 amide bonds. The maximum atomic E-state index is 13.3. The van der Waals surface area contributed by atoms with Gasteiger partial charge in [-0.25, -0.2) is 4.79 Å². The predicted octanol–water partition coefficient (Wildman–Crippen LogP) is 4.48. The first-order valence-corrected chi connectivity index (χ1v) is 11.5. The SMILES string of the molecule is O=C(OC(c1ccccc1)c1ccccc1)C1=C(O)CS[C@@H]2/C(=C\c3ccccn3)C(=O)N12. The molecule has 5 rings (SSSR count). The summed E-state index contributed by atoms with van der Waals surface area (Å²) in [6.07, 6.45) is 2.70. The van der Waals surface area contributed by atoms with E-state index in [9.17, 15) is 14.7 Å². The van der Waals surface area contributed by atoms with Crippen molar-refractivity contribution in [1.29, 1.82) is 0 Å². The summed E-state index contributed by atoms with van der Waals surface area (Å²) in [6.45, 7) is 0. The first-order valence-electron chi connectivity index (χ1n) is 10.4. The van der Waals surface area contributed by atoms with Crippen LogP contribution in [0.1, 0.15) is 22.9 Å². The number of carbonyl (C=O) groups is 2. The Morgan fingerprint density at radius 3 is 2.27 bits per heavy atom. The average Bonchev–Trinajstić information content (AvgIpc) is 2.87. The van der Waals surface area contributed by atoms with Crippen molar-refractivity contribution in [1.82, 2.24) is 9.88 Å². The van der Waals surface area contributed by atoms with Gasteiger partial charge in [0.2, 0.25) is 0 Å². The van der Waals surface area contributed by atoms with Crippen LogP contribution in [0, 0.1) is 0 Å². The molecule has 1 aromatic heterocycles. The van der Waals surface area contributed by atoms with Gasteiger partial charge in [-0.2, -0.15) is 0 Å². The lowest BCUT2D eigenvalue weighted by Crippen LogP contribution is -2.56. The minimum absolute atomic E-state index is 0.0983. The van der Waals surface area contributed by atoms with Crippen molar-refractivity contribution in [3.05, 3.63) is 119 Å². The fourth-order valence-corrected chi connectivity index (χ4v) is 5.04. The Hall–Kier alpha value is -3.84. The van der Waals surface area contributed by atoms with Gasteiger partial charge in [0.05, 0.1) is 17.0 Å². The van der Waals surface area contributed by atoms with Gasteiger partial charge in [-0.15, -0.1) is 11.8 Å². The van der Waals surface area contributed by atoms with Crippen molar-refractivity contribution in [2.45, 2.75) is 11.5 Å². The number of ether oxygens (including phenoxy) is 1. The molecule has 2 aliphatic rings. The Labute approximate surface area is 195 Å². The molecule has 6 nitrogen and oxygen atoms in total.